The predicted molar refractivity (Wildman–Crippen MR) is 502 cm³/mol. The number of halogens is 12. The van der Waals surface area contributed by atoms with Crippen molar-refractivity contribution < 1.29 is 105 Å². The molecule has 8 fully saturated rings. The topological polar surface area (TPSA) is 335 Å². The third kappa shape index (κ3) is 30.1. The van der Waals surface area contributed by atoms with Crippen molar-refractivity contribution in [1.82, 2.24) is 81.2 Å². The largest absolute Gasteiger partial charge is 0.491 e. The van der Waals surface area contributed by atoms with Gasteiger partial charge in [0.15, 0.2) is 11.5 Å². The minimum absolute atomic E-state index is 0.0188. The maximum atomic E-state index is 12.9. The smallest absolute Gasteiger partial charge is 0.416 e. The number of aryl methyl sites for hydroxylation is 2. The van der Waals surface area contributed by atoms with Crippen molar-refractivity contribution in [3.8, 4) is 23.3 Å². The highest BCUT2D eigenvalue weighted by molar-refractivity contribution is 5.98. The second-order valence-electron chi connectivity index (χ2n) is 37.0. The molecule has 41 heteroatoms. The van der Waals surface area contributed by atoms with Crippen LogP contribution >= 0.6 is 0 Å². The van der Waals surface area contributed by atoms with E-state index in [0.29, 0.717) is 79.3 Å². The molecule has 764 valence electrons. The lowest BCUT2D eigenvalue weighted by atomic mass is 9.87. The SMILES string of the molecule is C=C(CNC(=O)c1cccc(C(F)(F)F)c1)NC1CN(C2CCC(Oc3ccc(C)cn3)CC2)C1.COc1cccn(C2CCC(N3CC(NC(=O)CNC(=O)c4cccc(C(F)(F)F)c4)C3)CC2)c1=O.COc1cccnc1OC1CCC(N2CC(NC(=O)CNC(=O)c3cccc(C(F)(F)F)c3)C2)CC1.Cc1ccc(=O)n(C2CCC(N3CC(NC(=O)CNC(=O)c4cccc(C(F)(F)F)c4)C3)CC2)c1. The van der Waals surface area contributed by atoms with Crippen molar-refractivity contribution in [2.75, 3.05) is 92.8 Å². The second kappa shape index (κ2) is 48.3. The van der Waals surface area contributed by atoms with Gasteiger partial charge in [-0.15, -0.1) is 0 Å². The number of hydrogen-bond acceptors (Lipinski definition) is 20. The van der Waals surface area contributed by atoms with E-state index in [0.717, 1.165) is 207 Å². The number of methoxy groups -OCH3 is 2. The first kappa shape index (κ1) is 106. The van der Waals surface area contributed by atoms with E-state index in [4.69, 9.17) is 18.9 Å². The standard InChI is InChI=1S/C26H31F3N4O2.2C25H29F3N4O4.C25H29F3N4O3/c1-17-6-11-24(30-13-17)35-23-9-7-22(8-10-23)33-15-21(16-33)32-18(2)14-31-25(34)19-4-3-5-20(12-19)26(27,28)29;1-36-21-6-3-11-32(24(21)35)20-9-7-19(8-10-20)31-14-18(15-31)30-22(33)13-29-23(34)16-4-2-5-17(12-16)25(26,27)28;1-35-21-6-3-11-29-24(21)36-20-9-7-19(8-10-20)32-14-18(15-32)31-22(33)13-30-23(34)16-4-2-5-17(12-16)25(26,27)28;1-16-5-10-23(34)32(13-16)21-8-6-20(7-9-21)31-14-19(15-31)30-22(33)12-29-24(35)17-3-2-4-18(11-17)25(26,27)28/h3-6,11-13,21-23,32H,2,7-10,14-16H2,1H3,(H,31,34);2-6,11-12,18-20H,7-10,13-15H2,1H3,(H,29,34)(H,30,33);2-6,11-12,18-20H,7-10,13-15H2,1H3,(H,30,34)(H,31,33);2-5,10-11,13,19-21H,6-9,12,14-15H2,1H3,(H,29,35)(H,30,33). The van der Waals surface area contributed by atoms with Crippen LogP contribution < -0.4 is 72.6 Å². The summed E-state index contributed by atoms with van der Waals surface area (Å²) < 4.78 is 180. The maximum Gasteiger partial charge on any atom is 0.416 e. The van der Waals surface area contributed by atoms with Gasteiger partial charge in [0, 0.05) is 153 Å². The molecule has 4 aliphatic heterocycles. The number of rotatable bonds is 29. The third-order valence-corrected chi connectivity index (χ3v) is 26.8. The number of ether oxygens (including phenoxy) is 4. The molecule has 0 bridgehead atoms. The van der Waals surface area contributed by atoms with Crippen LogP contribution in [0.15, 0.2) is 192 Å². The molecule has 16 rings (SSSR count). The molecule has 4 aromatic heterocycles. The molecule has 8 aliphatic rings. The summed E-state index contributed by atoms with van der Waals surface area (Å²) in [4.78, 5) is 128. The lowest BCUT2D eigenvalue weighted by molar-refractivity contribution is -0.138. The van der Waals surface area contributed by atoms with Gasteiger partial charge in [-0.2, -0.15) is 52.7 Å². The molecule has 4 saturated carbocycles. The summed E-state index contributed by atoms with van der Waals surface area (Å²) in [6.45, 7) is 13.2. The quantitative estimate of drug-likeness (QED) is 0.0202. The summed E-state index contributed by atoms with van der Waals surface area (Å²) in [7, 11) is 3.07. The minimum Gasteiger partial charge on any atom is -0.491 e. The van der Waals surface area contributed by atoms with Crippen molar-refractivity contribution in [3.63, 3.8) is 0 Å². The van der Waals surface area contributed by atoms with E-state index in [1.807, 2.05) is 61.1 Å². The highest BCUT2D eigenvalue weighted by atomic mass is 19.4. The maximum absolute atomic E-state index is 12.9. The summed E-state index contributed by atoms with van der Waals surface area (Å²) in [5.41, 5.74) is -1.32. The van der Waals surface area contributed by atoms with Crippen molar-refractivity contribution in [1.29, 1.82) is 0 Å². The van der Waals surface area contributed by atoms with E-state index in [1.165, 1.54) is 37.4 Å². The number of pyridine rings is 4. The fourth-order valence-electron chi connectivity index (χ4n) is 19.0. The van der Waals surface area contributed by atoms with Gasteiger partial charge in [-0.05, 0) is 225 Å². The number of nitrogens with zero attached hydrogens (tertiary/aromatic N) is 8. The third-order valence-electron chi connectivity index (χ3n) is 26.8. The van der Waals surface area contributed by atoms with Crippen molar-refractivity contribution >= 4 is 41.4 Å². The van der Waals surface area contributed by atoms with Crippen LogP contribution in [0.1, 0.15) is 190 Å². The molecule has 4 saturated heterocycles. The highest BCUT2D eigenvalue weighted by Crippen LogP contribution is 2.39. The van der Waals surface area contributed by atoms with E-state index < -0.39 is 70.6 Å². The number of hydrogen-bond donors (Lipinski definition) is 8. The van der Waals surface area contributed by atoms with E-state index in [1.54, 1.807) is 42.3 Å². The average molecular weight is 1990 g/mol. The van der Waals surface area contributed by atoms with E-state index in [-0.39, 0.29) is 126 Å². The zero-order chi connectivity index (χ0) is 102. The Labute approximate surface area is 813 Å². The molecule has 0 atom stereocenters. The van der Waals surface area contributed by atoms with E-state index >= 15 is 0 Å². The van der Waals surface area contributed by atoms with Crippen LogP contribution in [0.4, 0.5) is 52.7 Å². The zero-order valence-electron chi connectivity index (χ0n) is 79.0. The zero-order valence-corrected chi connectivity index (χ0v) is 79.0. The first-order chi connectivity index (χ1) is 67.6. The molecule has 0 spiro atoms. The molecule has 8 aromatic rings. The summed E-state index contributed by atoms with van der Waals surface area (Å²) in [6, 6.07) is 33.4. The molecule has 29 nitrogen and oxygen atoms in total. The van der Waals surface area contributed by atoms with Crippen LogP contribution in [0.2, 0.25) is 0 Å². The van der Waals surface area contributed by atoms with E-state index in [2.05, 4.69) is 78.7 Å². The lowest BCUT2D eigenvalue weighted by Crippen LogP contribution is -2.63. The fourth-order valence-corrected chi connectivity index (χ4v) is 19.0. The monoisotopic (exact) mass is 1990 g/mol. The number of nitrogens with one attached hydrogen (secondary N) is 8. The minimum atomic E-state index is -4.55. The molecule has 7 amide bonds. The Morgan fingerprint density at radius 3 is 1.08 bits per heavy atom. The van der Waals surface area contributed by atoms with Gasteiger partial charge in [0.1, 0.15) is 12.2 Å². The number of carbonyl (C=O) groups is 7. The van der Waals surface area contributed by atoms with Crippen LogP contribution in [0, 0.1) is 13.8 Å². The van der Waals surface area contributed by atoms with Crippen LogP contribution in [-0.4, -0.2) is 233 Å². The predicted octanol–water partition coefficient (Wildman–Crippen LogP) is 12.8. The molecule has 8 N–H and O–H groups in total. The van der Waals surface area contributed by atoms with Crippen molar-refractivity contribution in [2.24, 2.45) is 0 Å². The molecule has 4 aliphatic carbocycles. The molecular formula is C101H118F12N16O13. The highest BCUT2D eigenvalue weighted by Gasteiger charge is 2.43. The number of alkyl halides is 12. The normalized spacial score (nSPS) is 21.0. The first-order valence-electron chi connectivity index (χ1n) is 47.4. The van der Waals surface area contributed by atoms with Gasteiger partial charge < -0.3 is 70.6 Å². The average Bonchev–Trinajstić information content (AvgIpc) is 0.802. The molecular weight excluding hydrogens is 1870 g/mol. The molecule has 142 heavy (non-hydrogen) atoms. The Hall–Kier alpha value is -12.9. The van der Waals surface area contributed by atoms with Crippen LogP contribution in [0.25, 0.3) is 0 Å². The summed E-state index contributed by atoms with van der Waals surface area (Å²) in [5.74, 6) is -1.74. The van der Waals surface area contributed by atoms with Gasteiger partial charge in [0.2, 0.25) is 23.6 Å². The number of aromatic nitrogens is 4. The van der Waals surface area contributed by atoms with E-state index in [9.17, 15) is 95.8 Å². The van der Waals surface area contributed by atoms with Crippen LogP contribution in [0.5, 0.6) is 23.3 Å². The Morgan fingerprint density at radius 1 is 0.373 bits per heavy atom. The van der Waals surface area contributed by atoms with Crippen LogP contribution in [0.3, 0.4) is 0 Å². The van der Waals surface area contributed by atoms with Crippen LogP contribution in [-0.2, 0) is 39.1 Å². The first-order valence-corrected chi connectivity index (χ1v) is 47.4. The summed E-state index contributed by atoms with van der Waals surface area (Å²) >= 11 is 0. The Kier molecular flexibility index (Phi) is 36.2. The van der Waals surface area contributed by atoms with Crippen molar-refractivity contribution in [3.05, 3.63) is 259 Å². The number of benzene rings is 4. The number of amides is 7. The van der Waals surface area contributed by atoms with Gasteiger partial charge in [0.25, 0.3) is 40.6 Å². The number of likely N-dealkylation sites (tertiary alicyclic amines) is 4. The Balaban J connectivity index is 0.000000159. The molecule has 0 unspecified atom stereocenters. The summed E-state index contributed by atoms with van der Waals surface area (Å²) in [5, 5.41) is 21.6. The molecule has 4 aromatic carbocycles. The van der Waals surface area contributed by atoms with Gasteiger partial charge in [0.05, 0.1) is 86.8 Å². The van der Waals surface area contributed by atoms with Gasteiger partial charge in [-0.1, -0.05) is 43.0 Å². The molecule has 8 heterocycles. The fraction of sp³-hybridized carbons (Fsp3) is 0.475. The van der Waals surface area contributed by atoms with Gasteiger partial charge in [-0.25, -0.2) is 9.97 Å². The summed E-state index contributed by atoms with van der Waals surface area (Å²) in [6.07, 6.45) is 4.83. The second-order valence-corrected chi connectivity index (χ2v) is 37.0. The van der Waals surface area contributed by atoms with Gasteiger partial charge >= 0.3 is 24.7 Å². The Morgan fingerprint density at radius 2 is 0.711 bits per heavy atom. The number of carbonyl (C=O) groups excluding carboxylic acids is 7. The van der Waals surface area contributed by atoms with Gasteiger partial charge in [-0.3, -0.25) is 62.8 Å². The molecule has 0 radical (unpaired) electrons. The van der Waals surface area contributed by atoms with Crippen molar-refractivity contribution in [2.45, 2.75) is 214 Å². The Bertz CT molecular complexity index is 5770. The lowest BCUT2D eigenvalue weighted by Gasteiger charge is -2.47.